The van der Waals surface area contributed by atoms with Crippen molar-refractivity contribution in [1.29, 1.82) is 0 Å². The van der Waals surface area contributed by atoms with E-state index in [-0.39, 0.29) is 11.9 Å². The molecule has 1 amide bonds. The summed E-state index contributed by atoms with van der Waals surface area (Å²) in [5, 5.41) is 4.62. The predicted molar refractivity (Wildman–Crippen MR) is 116 cm³/mol. The summed E-state index contributed by atoms with van der Waals surface area (Å²) in [6.07, 6.45) is 0.750. The van der Waals surface area contributed by atoms with E-state index in [0.717, 1.165) is 34.6 Å². The summed E-state index contributed by atoms with van der Waals surface area (Å²) >= 11 is 0. The Morgan fingerprint density at radius 2 is 1.90 bits per heavy atom. The van der Waals surface area contributed by atoms with Gasteiger partial charge in [0.2, 0.25) is 0 Å². The van der Waals surface area contributed by atoms with Crippen LogP contribution in [-0.2, 0) is 20.1 Å². The summed E-state index contributed by atoms with van der Waals surface area (Å²) in [6, 6.07) is 11.7. The van der Waals surface area contributed by atoms with Gasteiger partial charge < -0.3 is 19.1 Å². The molecule has 2 aromatic carbocycles. The Morgan fingerprint density at radius 3 is 2.68 bits per heavy atom. The lowest BCUT2D eigenvalue weighted by molar-refractivity contribution is 0.0667. The van der Waals surface area contributed by atoms with Crippen molar-refractivity contribution in [1.82, 2.24) is 14.7 Å². The summed E-state index contributed by atoms with van der Waals surface area (Å²) in [7, 11) is 5.14. The molecule has 0 spiro atoms. The van der Waals surface area contributed by atoms with Gasteiger partial charge in [-0.15, -0.1) is 0 Å². The summed E-state index contributed by atoms with van der Waals surface area (Å²) < 4.78 is 18.6. The van der Waals surface area contributed by atoms with E-state index in [4.69, 9.17) is 14.2 Å². The van der Waals surface area contributed by atoms with E-state index in [2.05, 4.69) is 5.10 Å². The van der Waals surface area contributed by atoms with Crippen LogP contribution >= 0.6 is 0 Å². The molecule has 31 heavy (non-hydrogen) atoms. The van der Waals surface area contributed by atoms with Crippen LogP contribution in [0.25, 0.3) is 11.3 Å². The van der Waals surface area contributed by atoms with Gasteiger partial charge in [0.1, 0.15) is 12.4 Å². The van der Waals surface area contributed by atoms with E-state index in [1.807, 2.05) is 55.3 Å². The van der Waals surface area contributed by atoms with Gasteiger partial charge in [-0.25, -0.2) is 0 Å². The molecule has 7 heteroatoms. The molecule has 0 aliphatic carbocycles. The number of carbonyl (C=O) groups excluding carboxylic acids is 1. The standard InChI is InChI=1S/C24H25N3O4/c1-14-17-12-21(30-4)20(29-3)11-15(17)9-10-27(14)24(28)22-18-13-31-19-8-6-5-7-16(19)23(18)26(2)25-22/h5-8,11-12,14H,9-10,13H2,1-4H3/t14-/m1/s1. The van der Waals surface area contributed by atoms with E-state index in [0.29, 0.717) is 30.3 Å². The molecule has 7 nitrogen and oxygen atoms in total. The Bertz CT molecular complexity index is 1180. The molecule has 0 saturated carbocycles. The molecule has 160 valence electrons. The smallest absolute Gasteiger partial charge is 0.275 e. The van der Waals surface area contributed by atoms with Crippen molar-refractivity contribution in [3.05, 3.63) is 58.8 Å². The second-order valence-corrected chi connectivity index (χ2v) is 7.91. The molecule has 0 saturated heterocycles. The molecule has 2 aliphatic heterocycles. The molecule has 0 fully saturated rings. The number of amides is 1. The highest BCUT2D eigenvalue weighted by Crippen LogP contribution is 2.41. The summed E-state index contributed by atoms with van der Waals surface area (Å²) in [5.41, 5.74) is 5.46. The minimum atomic E-state index is -0.106. The van der Waals surface area contributed by atoms with Gasteiger partial charge in [0.05, 0.1) is 26.0 Å². The first-order chi connectivity index (χ1) is 15.0. The minimum absolute atomic E-state index is 0.0761. The highest BCUT2D eigenvalue weighted by atomic mass is 16.5. The van der Waals surface area contributed by atoms with Gasteiger partial charge in [0, 0.05) is 24.7 Å². The van der Waals surface area contributed by atoms with Crippen LogP contribution in [0.4, 0.5) is 0 Å². The molecular formula is C24H25N3O4. The lowest BCUT2D eigenvalue weighted by Gasteiger charge is -2.35. The number of aromatic nitrogens is 2. The monoisotopic (exact) mass is 419 g/mol. The molecule has 5 rings (SSSR count). The van der Waals surface area contributed by atoms with Gasteiger partial charge in [-0.3, -0.25) is 9.48 Å². The van der Waals surface area contributed by atoms with Crippen LogP contribution in [0.2, 0.25) is 0 Å². The number of fused-ring (bicyclic) bond motifs is 4. The number of methoxy groups -OCH3 is 2. The van der Waals surface area contributed by atoms with Gasteiger partial charge in [0.15, 0.2) is 17.2 Å². The molecule has 1 atom stereocenters. The molecule has 0 N–H and O–H groups in total. The lowest BCUT2D eigenvalue weighted by Crippen LogP contribution is -2.39. The van der Waals surface area contributed by atoms with Gasteiger partial charge in [-0.05, 0) is 48.7 Å². The fourth-order valence-corrected chi connectivity index (χ4v) is 4.71. The number of ether oxygens (including phenoxy) is 3. The SMILES string of the molecule is COc1cc2c(cc1OC)[C@@H](C)N(C(=O)c1nn(C)c3c1COc1ccccc1-3)CC2. The van der Waals surface area contributed by atoms with Crippen LogP contribution in [0.3, 0.4) is 0 Å². The maximum absolute atomic E-state index is 13.6. The zero-order chi connectivity index (χ0) is 21.7. The Labute approximate surface area is 181 Å². The Kier molecular flexibility index (Phi) is 4.61. The van der Waals surface area contributed by atoms with Crippen molar-refractivity contribution < 1.29 is 19.0 Å². The predicted octanol–water partition coefficient (Wildman–Crippen LogP) is 3.76. The molecule has 0 unspecified atom stereocenters. The lowest BCUT2D eigenvalue weighted by atomic mass is 9.92. The number of hydrogen-bond donors (Lipinski definition) is 0. The van der Waals surface area contributed by atoms with Crippen molar-refractivity contribution >= 4 is 5.91 Å². The maximum Gasteiger partial charge on any atom is 0.275 e. The van der Waals surface area contributed by atoms with Crippen LogP contribution in [0.15, 0.2) is 36.4 Å². The largest absolute Gasteiger partial charge is 0.493 e. The second-order valence-electron chi connectivity index (χ2n) is 7.91. The quantitative estimate of drug-likeness (QED) is 0.647. The third kappa shape index (κ3) is 2.95. The van der Waals surface area contributed by atoms with Crippen LogP contribution in [0, 0.1) is 0 Å². The van der Waals surface area contributed by atoms with E-state index >= 15 is 0 Å². The summed E-state index contributed by atoms with van der Waals surface area (Å²) in [6.45, 7) is 3.00. The molecular weight excluding hydrogens is 394 g/mol. The Hall–Kier alpha value is -3.48. The number of benzene rings is 2. The van der Waals surface area contributed by atoms with Crippen molar-refractivity contribution in [2.24, 2.45) is 7.05 Å². The number of rotatable bonds is 3. The topological polar surface area (TPSA) is 65.8 Å². The molecule has 0 bridgehead atoms. The summed E-state index contributed by atoms with van der Waals surface area (Å²) in [4.78, 5) is 15.5. The normalized spacial score (nSPS) is 16.6. The first-order valence-electron chi connectivity index (χ1n) is 10.4. The maximum atomic E-state index is 13.6. The number of hydrogen-bond acceptors (Lipinski definition) is 5. The van der Waals surface area contributed by atoms with Crippen molar-refractivity contribution in [3.63, 3.8) is 0 Å². The zero-order valence-corrected chi connectivity index (χ0v) is 18.1. The summed E-state index contributed by atoms with van der Waals surface area (Å²) in [5.74, 6) is 2.12. The third-order valence-corrected chi connectivity index (χ3v) is 6.31. The van der Waals surface area contributed by atoms with Gasteiger partial charge in [-0.1, -0.05) is 12.1 Å². The Balaban J connectivity index is 1.52. The minimum Gasteiger partial charge on any atom is -0.493 e. The van der Waals surface area contributed by atoms with E-state index in [1.54, 1.807) is 18.9 Å². The van der Waals surface area contributed by atoms with Gasteiger partial charge in [0.25, 0.3) is 5.91 Å². The number of nitrogens with zero attached hydrogens (tertiary/aromatic N) is 3. The second kappa shape index (κ2) is 7.34. The third-order valence-electron chi connectivity index (χ3n) is 6.31. The Morgan fingerprint density at radius 1 is 1.16 bits per heavy atom. The molecule has 0 radical (unpaired) electrons. The average Bonchev–Trinajstić information content (AvgIpc) is 3.15. The van der Waals surface area contributed by atoms with Crippen LogP contribution in [0.5, 0.6) is 17.2 Å². The van der Waals surface area contributed by atoms with E-state index in [9.17, 15) is 4.79 Å². The van der Waals surface area contributed by atoms with Crippen molar-refractivity contribution in [2.45, 2.75) is 26.0 Å². The van der Waals surface area contributed by atoms with Crippen LogP contribution < -0.4 is 14.2 Å². The van der Waals surface area contributed by atoms with E-state index in [1.165, 1.54) is 5.56 Å². The fraction of sp³-hybridized carbons (Fsp3) is 0.333. The number of aryl methyl sites for hydroxylation is 1. The first kappa shape index (κ1) is 19.5. The van der Waals surface area contributed by atoms with Gasteiger partial charge >= 0.3 is 0 Å². The van der Waals surface area contributed by atoms with E-state index < -0.39 is 0 Å². The highest BCUT2D eigenvalue weighted by Gasteiger charge is 2.35. The average molecular weight is 419 g/mol. The molecule has 3 heterocycles. The molecule has 3 aromatic rings. The van der Waals surface area contributed by atoms with Gasteiger partial charge in [-0.2, -0.15) is 5.10 Å². The number of carbonyl (C=O) groups is 1. The molecule has 1 aromatic heterocycles. The van der Waals surface area contributed by atoms with Crippen LogP contribution in [-0.4, -0.2) is 41.4 Å². The van der Waals surface area contributed by atoms with Crippen LogP contribution in [0.1, 0.15) is 40.1 Å². The highest BCUT2D eigenvalue weighted by molar-refractivity contribution is 5.96. The number of para-hydroxylation sites is 1. The van der Waals surface area contributed by atoms with Crippen molar-refractivity contribution in [3.8, 4) is 28.5 Å². The molecule has 2 aliphatic rings. The zero-order valence-electron chi connectivity index (χ0n) is 18.1. The fourth-order valence-electron chi connectivity index (χ4n) is 4.71. The van der Waals surface area contributed by atoms with Crippen molar-refractivity contribution in [2.75, 3.05) is 20.8 Å². The first-order valence-corrected chi connectivity index (χ1v) is 10.4.